The van der Waals surface area contributed by atoms with Gasteiger partial charge < -0.3 is 0 Å². The molecule has 0 saturated heterocycles. The fourth-order valence-corrected chi connectivity index (χ4v) is 1.86. The van der Waals surface area contributed by atoms with Crippen molar-refractivity contribution in [2.75, 3.05) is 0 Å². The summed E-state index contributed by atoms with van der Waals surface area (Å²) < 4.78 is 40.0. The number of nitrogens with zero attached hydrogens (tertiary/aromatic N) is 4. The highest BCUT2D eigenvalue weighted by Gasteiger charge is 2.31. The average molecular weight is 279 g/mol. The van der Waals surface area contributed by atoms with E-state index in [0.717, 1.165) is 12.1 Å². The van der Waals surface area contributed by atoms with Gasteiger partial charge in [0.05, 0.1) is 16.8 Å². The Hall–Kier alpha value is -2.53. The van der Waals surface area contributed by atoms with Gasteiger partial charge in [-0.3, -0.25) is 0 Å². The van der Waals surface area contributed by atoms with Gasteiger partial charge in [0.25, 0.3) is 0 Å². The molecule has 0 atom stereocenters. The number of halogens is 3. The molecule has 0 amide bonds. The smallest absolute Gasteiger partial charge is 0.201 e. The number of aryl methyl sites for hydroxylation is 1. The van der Waals surface area contributed by atoms with Crippen LogP contribution in [0.5, 0.6) is 0 Å². The molecule has 2 rings (SSSR count). The van der Waals surface area contributed by atoms with E-state index in [1.807, 2.05) is 0 Å². The van der Waals surface area contributed by atoms with Gasteiger partial charge in [0, 0.05) is 17.0 Å². The summed E-state index contributed by atoms with van der Waals surface area (Å²) >= 11 is 0. The first-order valence-corrected chi connectivity index (χ1v) is 5.65. The van der Waals surface area contributed by atoms with Gasteiger partial charge in [-0.15, -0.1) is 0 Å². The normalized spacial score (nSPS) is 11.0. The lowest BCUT2D eigenvalue weighted by Crippen LogP contribution is -2.30. The van der Waals surface area contributed by atoms with Gasteiger partial charge in [-0.2, -0.15) is 13.2 Å². The lowest BCUT2D eigenvalue weighted by atomic mass is 10.0. The van der Waals surface area contributed by atoms with Gasteiger partial charge in [0.2, 0.25) is 5.69 Å². The highest BCUT2D eigenvalue weighted by Crippen LogP contribution is 2.36. The first-order chi connectivity index (χ1) is 9.43. The molecule has 1 aromatic carbocycles. The summed E-state index contributed by atoms with van der Waals surface area (Å²) in [5.41, 5.74) is 8.66. The van der Waals surface area contributed by atoms with Crippen molar-refractivity contribution in [1.29, 1.82) is 0 Å². The molecule has 0 fully saturated rings. The first kappa shape index (κ1) is 13.9. The third-order valence-electron chi connectivity index (χ3n) is 2.81. The molecule has 0 N–H and O–H groups in total. The molecule has 0 bridgehead atoms. The Morgan fingerprint density at radius 3 is 2.55 bits per heavy atom. The van der Waals surface area contributed by atoms with Crippen LogP contribution in [0, 0.1) is 0 Å². The van der Waals surface area contributed by atoms with Crippen LogP contribution in [0.4, 0.5) is 18.9 Å². The largest absolute Gasteiger partial charge is 0.416 e. The number of azide groups is 1. The molecule has 0 aliphatic carbocycles. The summed E-state index contributed by atoms with van der Waals surface area (Å²) in [6.07, 6.45) is -2.74. The van der Waals surface area contributed by atoms with Crippen molar-refractivity contribution in [3.63, 3.8) is 0 Å². The number of aromatic nitrogens is 1. The van der Waals surface area contributed by atoms with Crippen molar-refractivity contribution < 1.29 is 17.7 Å². The van der Waals surface area contributed by atoms with Crippen LogP contribution in [0.25, 0.3) is 21.7 Å². The van der Waals surface area contributed by atoms with E-state index in [4.69, 9.17) is 5.53 Å². The Morgan fingerprint density at radius 2 is 1.95 bits per heavy atom. The number of hydrogen-bond acceptors (Lipinski definition) is 1. The molecule has 0 unspecified atom stereocenters. The molecule has 4 nitrogen and oxygen atoms in total. The minimum atomic E-state index is -4.45. The van der Waals surface area contributed by atoms with E-state index in [1.165, 1.54) is 6.07 Å². The standard InChI is InChI=1S/C13H10F3N4/c1-20-7-3-2-4-12(20)10-8-9(13(14,15)16)5-6-11(10)18-19-17/h2-8H,1H3/q+1. The van der Waals surface area contributed by atoms with Crippen LogP contribution in [0.3, 0.4) is 0 Å². The summed E-state index contributed by atoms with van der Waals surface area (Å²) in [6, 6.07) is 8.17. The monoisotopic (exact) mass is 279 g/mol. The molecule has 1 heterocycles. The molecule has 0 saturated carbocycles. The lowest BCUT2D eigenvalue weighted by Gasteiger charge is -2.10. The second-order valence-electron chi connectivity index (χ2n) is 4.12. The summed E-state index contributed by atoms with van der Waals surface area (Å²) in [7, 11) is 1.70. The van der Waals surface area contributed by atoms with E-state index < -0.39 is 11.7 Å². The second kappa shape index (κ2) is 5.22. The molecular formula is C13H10F3N4+. The molecule has 1 aromatic heterocycles. The van der Waals surface area contributed by atoms with E-state index in [2.05, 4.69) is 10.0 Å². The van der Waals surface area contributed by atoms with Crippen molar-refractivity contribution in [2.24, 2.45) is 12.2 Å². The minimum Gasteiger partial charge on any atom is -0.201 e. The summed E-state index contributed by atoms with van der Waals surface area (Å²) in [4.78, 5) is 2.65. The number of hydrogen-bond donors (Lipinski definition) is 0. The Balaban J connectivity index is 2.71. The fourth-order valence-electron chi connectivity index (χ4n) is 1.86. The number of rotatable bonds is 2. The third-order valence-corrected chi connectivity index (χ3v) is 2.81. The first-order valence-electron chi connectivity index (χ1n) is 5.65. The predicted octanol–water partition coefficient (Wildman–Crippen LogP) is 4.14. The molecule has 7 heteroatoms. The minimum absolute atomic E-state index is 0.155. The summed E-state index contributed by atoms with van der Waals surface area (Å²) in [6.45, 7) is 0. The van der Waals surface area contributed by atoms with Crippen LogP contribution < -0.4 is 4.57 Å². The van der Waals surface area contributed by atoms with E-state index in [1.54, 1.807) is 36.0 Å². The van der Waals surface area contributed by atoms with Crippen LogP contribution in [-0.4, -0.2) is 0 Å². The van der Waals surface area contributed by atoms with Gasteiger partial charge in [-0.25, -0.2) is 4.57 Å². The highest BCUT2D eigenvalue weighted by atomic mass is 19.4. The van der Waals surface area contributed by atoms with Gasteiger partial charge in [0.15, 0.2) is 6.20 Å². The average Bonchev–Trinajstić information content (AvgIpc) is 2.39. The Labute approximate surface area is 112 Å². The van der Waals surface area contributed by atoms with Crippen LogP contribution >= 0.6 is 0 Å². The summed E-state index contributed by atoms with van der Waals surface area (Å²) in [5.74, 6) is 0. The van der Waals surface area contributed by atoms with Crippen molar-refractivity contribution in [1.82, 2.24) is 0 Å². The van der Waals surface area contributed by atoms with E-state index >= 15 is 0 Å². The number of alkyl halides is 3. The van der Waals surface area contributed by atoms with Gasteiger partial charge in [-0.1, -0.05) is 11.2 Å². The van der Waals surface area contributed by atoms with Crippen LogP contribution in [0.2, 0.25) is 0 Å². The van der Waals surface area contributed by atoms with Crippen LogP contribution in [-0.2, 0) is 13.2 Å². The van der Waals surface area contributed by atoms with Crippen molar-refractivity contribution in [3.8, 4) is 11.3 Å². The molecule has 0 aliphatic rings. The SMILES string of the molecule is C[n+]1ccccc1-c1cc(C(F)(F)F)ccc1N=[N+]=[N-]. The topological polar surface area (TPSA) is 52.6 Å². The molecule has 2 aromatic rings. The quantitative estimate of drug-likeness (QED) is 0.343. The molecular weight excluding hydrogens is 269 g/mol. The summed E-state index contributed by atoms with van der Waals surface area (Å²) in [5, 5.41) is 3.45. The number of benzene rings is 1. The zero-order valence-electron chi connectivity index (χ0n) is 10.5. The van der Waals surface area contributed by atoms with Crippen LogP contribution in [0.15, 0.2) is 47.7 Å². The Morgan fingerprint density at radius 1 is 1.20 bits per heavy atom. The van der Waals surface area contributed by atoms with Gasteiger partial charge >= 0.3 is 6.18 Å². The highest BCUT2D eigenvalue weighted by molar-refractivity contribution is 5.72. The molecule has 0 spiro atoms. The molecule has 20 heavy (non-hydrogen) atoms. The second-order valence-corrected chi connectivity index (χ2v) is 4.12. The Kier molecular flexibility index (Phi) is 3.63. The predicted molar refractivity (Wildman–Crippen MR) is 66.9 cm³/mol. The van der Waals surface area contributed by atoms with Crippen molar-refractivity contribution in [2.45, 2.75) is 6.18 Å². The van der Waals surface area contributed by atoms with E-state index in [-0.39, 0.29) is 11.3 Å². The van der Waals surface area contributed by atoms with Gasteiger partial charge in [0.1, 0.15) is 7.05 Å². The molecule has 0 radical (unpaired) electrons. The fraction of sp³-hybridized carbons (Fsp3) is 0.154. The van der Waals surface area contributed by atoms with Crippen LogP contribution in [0.1, 0.15) is 5.56 Å². The molecule has 0 aliphatic heterocycles. The lowest BCUT2D eigenvalue weighted by molar-refractivity contribution is -0.660. The van der Waals surface area contributed by atoms with Gasteiger partial charge in [-0.05, 0) is 23.7 Å². The maximum Gasteiger partial charge on any atom is 0.416 e. The number of pyridine rings is 1. The van der Waals surface area contributed by atoms with E-state index in [9.17, 15) is 13.2 Å². The zero-order valence-corrected chi connectivity index (χ0v) is 10.5. The molecule has 102 valence electrons. The maximum atomic E-state index is 12.8. The van der Waals surface area contributed by atoms with Crippen molar-refractivity contribution >= 4 is 5.69 Å². The maximum absolute atomic E-state index is 12.8. The van der Waals surface area contributed by atoms with Crippen molar-refractivity contribution in [3.05, 3.63) is 58.6 Å². The zero-order chi connectivity index (χ0) is 14.8. The Bertz CT molecular complexity index is 688. The third kappa shape index (κ3) is 2.73. The van der Waals surface area contributed by atoms with E-state index in [0.29, 0.717) is 5.69 Å².